The quantitative estimate of drug-likeness (QED) is 0.878. The SMILES string of the molecule is C[C@@H](CC[C@@H]1CCCO1)NC(=O)c1ccc(O)c(Cl)c1. The highest BCUT2D eigenvalue weighted by atomic mass is 35.5. The van der Waals surface area contributed by atoms with Crippen LogP contribution in [0.5, 0.6) is 5.75 Å². The molecule has 0 aromatic heterocycles. The molecule has 1 saturated heterocycles. The normalized spacial score (nSPS) is 19.8. The molecule has 1 heterocycles. The van der Waals surface area contributed by atoms with E-state index in [4.69, 9.17) is 16.3 Å². The minimum Gasteiger partial charge on any atom is -0.506 e. The van der Waals surface area contributed by atoms with Gasteiger partial charge in [-0.1, -0.05) is 11.6 Å². The van der Waals surface area contributed by atoms with Crippen molar-refractivity contribution in [1.29, 1.82) is 0 Å². The minimum absolute atomic E-state index is 0.0188. The largest absolute Gasteiger partial charge is 0.506 e. The van der Waals surface area contributed by atoms with Crippen LogP contribution in [0.15, 0.2) is 18.2 Å². The monoisotopic (exact) mass is 297 g/mol. The van der Waals surface area contributed by atoms with E-state index >= 15 is 0 Å². The lowest BCUT2D eigenvalue weighted by Gasteiger charge is -2.16. The van der Waals surface area contributed by atoms with Gasteiger partial charge in [0.1, 0.15) is 5.75 Å². The van der Waals surface area contributed by atoms with Crippen molar-refractivity contribution in [1.82, 2.24) is 5.32 Å². The van der Waals surface area contributed by atoms with Crippen molar-refractivity contribution < 1.29 is 14.6 Å². The van der Waals surface area contributed by atoms with Gasteiger partial charge in [-0.15, -0.1) is 0 Å². The van der Waals surface area contributed by atoms with Gasteiger partial charge in [0.15, 0.2) is 0 Å². The zero-order valence-electron chi connectivity index (χ0n) is 11.6. The lowest BCUT2D eigenvalue weighted by atomic mass is 10.1. The summed E-state index contributed by atoms with van der Waals surface area (Å²) >= 11 is 5.80. The van der Waals surface area contributed by atoms with Gasteiger partial charge < -0.3 is 15.2 Å². The zero-order valence-corrected chi connectivity index (χ0v) is 12.3. The van der Waals surface area contributed by atoms with Crippen molar-refractivity contribution in [2.24, 2.45) is 0 Å². The van der Waals surface area contributed by atoms with Crippen LogP contribution in [-0.2, 0) is 4.74 Å². The Morgan fingerprint density at radius 1 is 1.60 bits per heavy atom. The van der Waals surface area contributed by atoms with E-state index < -0.39 is 0 Å². The number of carbonyl (C=O) groups excluding carboxylic acids is 1. The molecule has 4 nitrogen and oxygen atoms in total. The van der Waals surface area contributed by atoms with E-state index in [0.29, 0.717) is 11.7 Å². The fourth-order valence-corrected chi connectivity index (χ4v) is 2.52. The van der Waals surface area contributed by atoms with Gasteiger partial charge in [0.25, 0.3) is 5.91 Å². The Kier molecular flexibility index (Phi) is 5.26. The van der Waals surface area contributed by atoms with E-state index in [0.717, 1.165) is 32.3 Å². The number of hydrogen-bond acceptors (Lipinski definition) is 3. The molecular weight excluding hydrogens is 278 g/mol. The fraction of sp³-hybridized carbons (Fsp3) is 0.533. The molecule has 0 radical (unpaired) electrons. The highest BCUT2D eigenvalue weighted by Gasteiger charge is 2.17. The van der Waals surface area contributed by atoms with Gasteiger partial charge in [-0.2, -0.15) is 0 Å². The third kappa shape index (κ3) is 4.12. The molecule has 2 N–H and O–H groups in total. The van der Waals surface area contributed by atoms with Crippen LogP contribution in [-0.4, -0.2) is 29.8 Å². The second-order valence-corrected chi connectivity index (χ2v) is 5.66. The van der Waals surface area contributed by atoms with Gasteiger partial charge in [0.05, 0.1) is 11.1 Å². The summed E-state index contributed by atoms with van der Waals surface area (Å²) in [7, 11) is 0. The van der Waals surface area contributed by atoms with Gasteiger partial charge in [-0.05, 0) is 50.8 Å². The highest BCUT2D eigenvalue weighted by molar-refractivity contribution is 6.32. The van der Waals surface area contributed by atoms with Crippen molar-refractivity contribution in [3.05, 3.63) is 28.8 Å². The Bertz CT molecular complexity index is 472. The lowest BCUT2D eigenvalue weighted by molar-refractivity contribution is 0.0899. The van der Waals surface area contributed by atoms with Crippen molar-refractivity contribution in [2.75, 3.05) is 6.61 Å². The summed E-state index contributed by atoms with van der Waals surface area (Å²) in [6.45, 7) is 2.84. The molecule has 0 spiro atoms. The van der Waals surface area contributed by atoms with Crippen molar-refractivity contribution >= 4 is 17.5 Å². The van der Waals surface area contributed by atoms with Gasteiger partial charge in [0, 0.05) is 18.2 Å². The maximum Gasteiger partial charge on any atom is 0.251 e. The molecule has 1 aliphatic rings. The second kappa shape index (κ2) is 6.95. The first-order valence-corrected chi connectivity index (χ1v) is 7.35. The van der Waals surface area contributed by atoms with Crippen LogP contribution in [0.4, 0.5) is 0 Å². The van der Waals surface area contributed by atoms with Gasteiger partial charge in [0.2, 0.25) is 0 Å². The average Bonchev–Trinajstić information content (AvgIpc) is 2.92. The van der Waals surface area contributed by atoms with Crippen LogP contribution in [0.1, 0.15) is 43.0 Å². The first-order chi connectivity index (χ1) is 9.56. The van der Waals surface area contributed by atoms with Crippen LogP contribution < -0.4 is 5.32 Å². The standard InChI is InChI=1S/C15H20ClNO3/c1-10(4-6-12-3-2-8-20-12)17-15(19)11-5-7-14(18)13(16)9-11/h5,7,9-10,12,18H,2-4,6,8H2,1H3,(H,17,19)/t10-,12-/m0/s1. The lowest BCUT2D eigenvalue weighted by Crippen LogP contribution is -2.33. The van der Waals surface area contributed by atoms with Crippen LogP contribution in [0.2, 0.25) is 5.02 Å². The summed E-state index contributed by atoms with van der Waals surface area (Å²) in [5.41, 5.74) is 0.455. The number of phenols is 1. The van der Waals surface area contributed by atoms with E-state index in [9.17, 15) is 9.90 Å². The summed E-state index contributed by atoms with van der Waals surface area (Å²) in [5.74, 6) is -0.193. The number of nitrogens with one attached hydrogen (secondary N) is 1. The van der Waals surface area contributed by atoms with E-state index in [1.807, 2.05) is 6.92 Å². The van der Waals surface area contributed by atoms with Crippen LogP contribution >= 0.6 is 11.6 Å². The second-order valence-electron chi connectivity index (χ2n) is 5.25. The summed E-state index contributed by atoms with van der Waals surface area (Å²) in [6.07, 6.45) is 4.46. The molecule has 5 heteroatoms. The van der Waals surface area contributed by atoms with Crippen molar-refractivity contribution in [3.8, 4) is 5.75 Å². The van der Waals surface area contributed by atoms with Crippen LogP contribution in [0.3, 0.4) is 0 Å². The predicted molar refractivity (Wildman–Crippen MR) is 78.3 cm³/mol. The molecule has 2 rings (SSSR count). The Hall–Kier alpha value is -1.26. The van der Waals surface area contributed by atoms with E-state index in [1.54, 1.807) is 6.07 Å². The van der Waals surface area contributed by atoms with Gasteiger partial charge in [-0.25, -0.2) is 0 Å². The van der Waals surface area contributed by atoms with E-state index in [-0.39, 0.29) is 22.7 Å². The van der Waals surface area contributed by atoms with Crippen molar-refractivity contribution in [3.63, 3.8) is 0 Å². The molecule has 0 saturated carbocycles. The number of aromatic hydroxyl groups is 1. The van der Waals surface area contributed by atoms with Gasteiger partial charge in [-0.3, -0.25) is 4.79 Å². The molecule has 20 heavy (non-hydrogen) atoms. The number of phenolic OH excluding ortho intramolecular Hbond substituents is 1. The zero-order chi connectivity index (χ0) is 14.5. The van der Waals surface area contributed by atoms with Crippen LogP contribution in [0.25, 0.3) is 0 Å². The molecule has 1 amide bonds. The van der Waals surface area contributed by atoms with Crippen LogP contribution in [0, 0.1) is 0 Å². The maximum atomic E-state index is 12.0. The number of rotatable bonds is 5. The molecular formula is C15H20ClNO3. The van der Waals surface area contributed by atoms with Crippen molar-refractivity contribution in [2.45, 2.75) is 44.8 Å². The molecule has 1 aromatic rings. The Morgan fingerprint density at radius 3 is 3.05 bits per heavy atom. The highest BCUT2D eigenvalue weighted by Crippen LogP contribution is 2.23. The summed E-state index contributed by atoms with van der Waals surface area (Å²) in [6, 6.07) is 4.54. The summed E-state index contributed by atoms with van der Waals surface area (Å²) in [5, 5.41) is 12.5. The molecule has 110 valence electrons. The predicted octanol–water partition coefficient (Wildman–Crippen LogP) is 3.12. The first-order valence-electron chi connectivity index (χ1n) is 6.97. The molecule has 1 aromatic carbocycles. The molecule has 1 aliphatic heterocycles. The number of carbonyl (C=O) groups is 1. The Balaban J connectivity index is 1.81. The number of halogens is 1. The molecule has 1 fully saturated rings. The van der Waals surface area contributed by atoms with E-state index in [2.05, 4.69) is 5.32 Å². The molecule has 0 unspecified atom stereocenters. The Labute approximate surface area is 124 Å². The topological polar surface area (TPSA) is 58.6 Å². The fourth-order valence-electron chi connectivity index (χ4n) is 2.34. The van der Waals surface area contributed by atoms with E-state index in [1.165, 1.54) is 12.1 Å². The first kappa shape index (κ1) is 15.1. The molecule has 0 bridgehead atoms. The van der Waals surface area contributed by atoms with Gasteiger partial charge >= 0.3 is 0 Å². The third-order valence-corrected chi connectivity index (χ3v) is 3.84. The number of benzene rings is 1. The maximum absolute atomic E-state index is 12.0. The smallest absolute Gasteiger partial charge is 0.251 e. The minimum atomic E-state index is -0.174. The average molecular weight is 298 g/mol. The number of ether oxygens (including phenoxy) is 1. The summed E-state index contributed by atoms with van der Waals surface area (Å²) in [4.78, 5) is 12.0. The third-order valence-electron chi connectivity index (χ3n) is 3.53. The molecule has 0 aliphatic carbocycles. The Morgan fingerprint density at radius 2 is 2.40 bits per heavy atom. The molecule has 2 atom stereocenters. The number of amides is 1. The number of hydrogen-bond donors (Lipinski definition) is 2. The summed E-state index contributed by atoms with van der Waals surface area (Å²) < 4.78 is 5.56.